The summed E-state index contributed by atoms with van der Waals surface area (Å²) in [5.41, 5.74) is 2.57. The second kappa shape index (κ2) is 4.97. The standard InChI is InChI=1S/C17H21NO2/c19-16(14-9-12-5-6-15(14)18-12)10-17-13-4-2-1-3-11(13)7-8-20-17/h1-4,12,14-15,17-18H,5-10H2. The minimum Gasteiger partial charge on any atom is -0.373 e. The van der Waals surface area contributed by atoms with E-state index in [1.807, 2.05) is 6.07 Å². The maximum atomic E-state index is 12.6. The highest BCUT2D eigenvalue weighted by molar-refractivity contribution is 5.83. The first-order chi connectivity index (χ1) is 9.81. The third kappa shape index (κ3) is 2.09. The van der Waals surface area contributed by atoms with Crippen molar-refractivity contribution in [2.45, 2.75) is 50.3 Å². The number of hydrogen-bond acceptors (Lipinski definition) is 3. The van der Waals surface area contributed by atoms with E-state index in [1.54, 1.807) is 0 Å². The van der Waals surface area contributed by atoms with E-state index in [-0.39, 0.29) is 12.0 Å². The molecule has 0 saturated carbocycles. The predicted molar refractivity (Wildman–Crippen MR) is 76.5 cm³/mol. The van der Waals surface area contributed by atoms with Gasteiger partial charge in [-0.25, -0.2) is 0 Å². The molecule has 4 atom stereocenters. The van der Waals surface area contributed by atoms with Crippen LogP contribution in [0.5, 0.6) is 0 Å². The topological polar surface area (TPSA) is 38.3 Å². The Morgan fingerprint density at radius 1 is 1.30 bits per heavy atom. The van der Waals surface area contributed by atoms with Gasteiger partial charge in [-0.2, -0.15) is 0 Å². The highest BCUT2D eigenvalue weighted by Crippen LogP contribution is 2.37. The van der Waals surface area contributed by atoms with Crippen LogP contribution in [0.4, 0.5) is 0 Å². The molecular formula is C17H21NO2. The first-order valence-electron chi connectivity index (χ1n) is 7.79. The Morgan fingerprint density at radius 2 is 2.20 bits per heavy atom. The maximum absolute atomic E-state index is 12.6. The molecule has 0 aliphatic carbocycles. The van der Waals surface area contributed by atoms with Crippen molar-refractivity contribution in [3.63, 3.8) is 0 Å². The van der Waals surface area contributed by atoms with Gasteiger partial charge in [-0.15, -0.1) is 0 Å². The van der Waals surface area contributed by atoms with Crippen LogP contribution in [0, 0.1) is 5.92 Å². The minimum atomic E-state index is -0.0217. The number of hydrogen-bond donors (Lipinski definition) is 1. The van der Waals surface area contributed by atoms with Crippen molar-refractivity contribution in [3.8, 4) is 0 Å². The Labute approximate surface area is 119 Å². The SMILES string of the molecule is O=C(CC1OCCc2ccccc21)C1CC2CCC1N2. The summed E-state index contributed by atoms with van der Waals surface area (Å²) >= 11 is 0. The molecule has 4 rings (SSSR count). The van der Waals surface area contributed by atoms with E-state index in [0.29, 0.717) is 24.3 Å². The Hall–Kier alpha value is -1.19. The molecule has 20 heavy (non-hydrogen) atoms. The van der Waals surface area contributed by atoms with Gasteiger partial charge in [0.15, 0.2) is 0 Å². The summed E-state index contributed by atoms with van der Waals surface area (Å²) in [7, 11) is 0. The zero-order valence-corrected chi connectivity index (χ0v) is 11.7. The molecule has 3 aliphatic rings. The Kier molecular flexibility index (Phi) is 3.12. The van der Waals surface area contributed by atoms with Crippen molar-refractivity contribution >= 4 is 5.78 Å². The van der Waals surface area contributed by atoms with Crippen molar-refractivity contribution in [1.29, 1.82) is 0 Å². The van der Waals surface area contributed by atoms with Crippen molar-refractivity contribution in [1.82, 2.24) is 5.32 Å². The predicted octanol–water partition coefficient (Wildman–Crippen LogP) is 2.40. The lowest BCUT2D eigenvalue weighted by Crippen LogP contribution is -2.30. The van der Waals surface area contributed by atoms with Crippen LogP contribution < -0.4 is 5.32 Å². The van der Waals surface area contributed by atoms with Gasteiger partial charge in [0.25, 0.3) is 0 Å². The van der Waals surface area contributed by atoms with Crippen molar-refractivity contribution in [2.24, 2.45) is 5.92 Å². The molecule has 3 nitrogen and oxygen atoms in total. The largest absolute Gasteiger partial charge is 0.373 e. The molecule has 1 aromatic rings. The van der Waals surface area contributed by atoms with Crippen LogP contribution in [0.2, 0.25) is 0 Å². The van der Waals surface area contributed by atoms with Crippen molar-refractivity contribution in [3.05, 3.63) is 35.4 Å². The molecule has 1 aromatic carbocycles. The van der Waals surface area contributed by atoms with Gasteiger partial charge < -0.3 is 10.1 Å². The fourth-order valence-electron chi connectivity index (χ4n) is 4.16. The molecule has 3 heterocycles. The number of benzene rings is 1. The van der Waals surface area contributed by atoms with E-state index in [4.69, 9.17) is 4.74 Å². The van der Waals surface area contributed by atoms with Gasteiger partial charge in [0, 0.05) is 24.4 Å². The van der Waals surface area contributed by atoms with E-state index in [1.165, 1.54) is 24.0 Å². The summed E-state index contributed by atoms with van der Waals surface area (Å²) in [5.74, 6) is 0.623. The van der Waals surface area contributed by atoms with Gasteiger partial charge in [-0.3, -0.25) is 4.79 Å². The summed E-state index contributed by atoms with van der Waals surface area (Å²) in [4.78, 5) is 12.6. The van der Waals surface area contributed by atoms with Crippen LogP contribution >= 0.6 is 0 Å². The number of Topliss-reactive ketones (excluding diaryl/α,β-unsaturated/α-hetero) is 1. The number of carbonyl (C=O) groups is 1. The van der Waals surface area contributed by atoms with Crippen LogP contribution in [0.1, 0.15) is 42.9 Å². The highest BCUT2D eigenvalue weighted by atomic mass is 16.5. The molecule has 3 aliphatic heterocycles. The molecule has 4 unspecified atom stereocenters. The summed E-state index contributed by atoms with van der Waals surface area (Å²) < 4.78 is 5.87. The monoisotopic (exact) mass is 271 g/mol. The first-order valence-corrected chi connectivity index (χ1v) is 7.79. The van der Waals surface area contributed by atoms with Gasteiger partial charge in [-0.05, 0) is 36.8 Å². The molecular weight excluding hydrogens is 250 g/mol. The van der Waals surface area contributed by atoms with Crippen molar-refractivity contribution in [2.75, 3.05) is 6.61 Å². The smallest absolute Gasteiger partial charge is 0.140 e. The number of ether oxygens (including phenoxy) is 1. The molecule has 106 valence electrons. The molecule has 0 amide bonds. The van der Waals surface area contributed by atoms with E-state index >= 15 is 0 Å². The molecule has 0 spiro atoms. The second-order valence-corrected chi connectivity index (χ2v) is 6.37. The average Bonchev–Trinajstić information content (AvgIpc) is 3.10. The van der Waals surface area contributed by atoms with E-state index in [9.17, 15) is 4.79 Å². The minimum absolute atomic E-state index is 0.0217. The van der Waals surface area contributed by atoms with Gasteiger partial charge in [-0.1, -0.05) is 24.3 Å². The summed E-state index contributed by atoms with van der Waals surface area (Å²) in [6.45, 7) is 0.740. The quantitative estimate of drug-likeness (QED) is 0.917. The fourth-order valence-corrected chi connectivity index (χ4v) is 4.16. The number of rotatable bonds is 3. The second-order valence-electron chi connectivity index (χ2n) is 6.37. The summed E-state index contributed by atoms with van der Waals surface area (Å²) in [6, 6.07) is 9.42. The number of fused-ring (bicyclic) bond motifs is 3. The third-order valence-corrected chi connectivity index (χ3v) is 5.19. The van der Waals surface area contributed by atoms with Crippen LogP contribution in [0.3, 0.4) is 0 Å². The number of nitrogens with one attached hydrogen (secondary N) is 1. The van der Waals surface area contributed by atoms with E-state index in [0.717, 1.165) is 19.4 Å². The fraction of sp³-hybridized carbons (Fsp3) is 0.588. The van der Waals surface area contributed by atoms with E-state index < -0.39 is 0 Å². The van der Waals surface area contributed by atoms with Gasteiger partial charge >= 0.3 is 0 Å². The molecule has 2 fully saturated rings. The molecule has 2 bridgehead atoms. The van der Waals surface area contributed by atoms with Gasteiger partial charge in [0.2, 0.25) is 0 Å². The van der Waals surface area contributed by atoms with Gasteiger partial charge in [0.05, 0.1) is 12.7 Å². The zero-order chi connectivity index (χ0) is 13.5. The molecule has 1 N–H and O–H groups in total. The lowest BCUT2D eigenvalue weighted by molar-refractivity contribution is -0.126. The van der Waals surface area contributed by atoms with Gasteiger partial charge in [0.1, 0.15) is 5.78 Å². The molecule has 2 saturated heterocycles. The molecule has 3 heteroatoms. The number of ketones is 1. The Morgan fingerprint density at radius 3 is 3.00 bits per heavy atom. The van der Waals surface area contributed by atoms with Crippen LogP contribution in [0.25, 0.3) is 0 Å². The maximum Gasteiger partial charge on any atom is 0.140 e. The molecule has 0 aromatic heterocycles. The van der Waals surface area contributed by atoms with E-state index in [2.05, 4.69) is 23.5 Å². The van der Waals surface area contributed by atoms with Crippen LogP contribution in [0.15, 0.2) is 24.3 Å². The zero-order valence-electron chi connectivity index (χ0n) is 11.7. The average molecular weight is 271 g/mol. The Balaban J connectivity index is 1.48. The summed E-state index contributed by atoms with van der Waals surface area (Å²) in [5, 5.41) is 3.55. The lowest BCUT2D eigenvalue weighted by Gasteiger charge is -2.27. The first kappa shape index (κ1) is 12.5. The number of carbonyl (C=O) groups excluding carboxylic acids is 1. The normalized spacial score (nSPS) is 35.0. The van der Waals surface area contributed by atoms with Crippen molar-refractivity contribution < 1.29 is 9.53 Å². The third-order valence-electron chi connectivity index (χ3n) is 5.19. The van der Waals surface area contributed by atoms with Crippen LogP contribution in [-0.2, 0) is 16.0 Å². The highest BCUT2D eigenvalue weighted by Gasteiger charge is 2.43. The summed E-state index contributed by atoms with van der Waals surface area (Å²) in [6.07, 6.45) is 4.95. The Bertz CT molecular complexity index is 527. The molecule has 0 radical (unpaired) electrons. The lowest BCUT2D eigenvalue weighted by atomic mass is 9.83. The van der Waals surface area contributed by atoms with Crippen LogP contribution in [-0.4, -0.2) is 24.5 Å².